The largest absolute Gasteiger partial charge is 0.481 e. The summed E-state index contributed by atoms with van der Waals surface area (Å²) in [5, 5.41) is 17.3. The Morgan fingerprint density at radius 1 is 1.28 bits per heavy atom. The summed E-state index contributed by atoms with van der Waals surface area (Å²) < 4.78 is 0. The molecule has 1 saturated heterocycles. The molecule has 1 rings (SSSR count). The third-order valence-electron chi connectivity index (χ3n) is 3.42. The summed E-state index contributed by atoms with van der Waals surface area (Å²) in [7, 11) is 1.94. The lowest BCUT2D eigenvalue weighted by Crippen LogP contribution is -2.47. The van der Waals surface area contributed by atoms with Crippen LogP contribution in [0.3, 0.4) is 0 Å². The second kappa shape index (κ2) is 7.33. The lowest BCUT2D eigenvalue weighted by atomic mass is 10.0. The van der Waals surface area contributed by atoms with E-state index in [1.54, 1.807) is 0 Å². The van der Waals surface area contributed by atoms with E-state index in [-0.39, 0.29) is 12.8 Å². The SMILES string of the molecule is CN(CCC(=O)O)C1CCCN(CCC(=O)O)C1. The molecule has 6 heteroatoms. The average Bonchev–Trinajstić information content (AvgIpc) is 2.33. The number of likely N-dealkylation sites (N-methyl/N-ethyl adjacent to an activating group) is 1. The van der Waals surface area contributed by atoms with Crippen molar-refractivity contribution in [3.05, 3.63) is 0 Å². The highest BCUT2D eigenvalue weighted by atomic mass is 16.4. The topological polar surface area (TPSA) is 81.1 Å². The predicted octanol–water partition coefficient (Wildman–Crippen LogP) is 0.332. The minimum atomic E-state index is -0.777. The van der Waals surface area contributed by atoms with E-state index in [2.05, 4.69) is 9.80 Å². The summed E-state index contributed by atoms with van der Waals surface area (Å²) in [4.78, 5) is 25.3. The van der Waals surface area contributed by atoms with Gasteiger partial charge in [0, 0.05) is 25.7 Å². The van der Waals surface area contributed by atoms with Gasteiger partial charge in [-0.05, 0) is 26.4 Å². The van der Waals surface area contributed by atoms with E-state index >= 15 is 0 Å². The Kier molecular flexibility index (Phi) is 6.07. The third kappa shape index (κ3) is 5.46. The molecule has 0 aromatic rings. The predicted molar refractivity (Wildman–Crippen MR) is 66.6 cm³/mol. The summed E-state index contributed by atoms with van der Waals surface area (Å²) in [6.45, 7) is 2.91. The van der Waals surface area contributed by atoms with Crippen LogP contribution in [0.1, 0.15) is 25.7 Å². The molecule has 0 saturated carbocycles. The Hall–Kier alpha value is -1.14. The zero-order valence-electron chi connectivity index (χ0n) is 10.8. The molecule has 18 heavy (non-hydrogen) atoms. The second-order valence-corrected chi connectivity index (χ2v) is 4.86. The van der Waals surface area contributed by atoms with Gasteiger partial charge in [0.1, 0.15) is 0 Å². The normalized spacial score (nSPS) is 21.1. The zero-order valence-corrected chi connectivity index (χ0v) is 10.8. The smallest absolute Gasteiger partial charge is 0.304 e. The van der Waals surface area contributed by atoms with Gasteiger partial charge in [0.2, 0.25) is 0 Å². The molecule has 0 amide bonds. The quantitative estimate of drug-likeness (QED) is 0.685. The number of carboxylic acids is 2. The first-order valence-corrected chi connectivity index (χ1v) is 6.35. The van der Waals surface area contributed by atoms with Crippen molar-refractivity contribution in [1.82, 2.24) is 9.80 Å². The molecule has 0 aromatic carbocycles. The number of carboxylic acid groups (broad SMARTS) is 2. The molecule has 104 valence electrons. The van der Waals surface area contributed by atoms with Gasteiger partial charge in [-0.15, -0.1) is 0 Å². The Balaban J connectivity index is 2.33. The molecule has 1 unspecified atom stereocenters. The van der Waals surface area contributed by atoms with Gasteiger partial charge in [0.05, 0.1) is 12.8 Å². The van der Waals surface area contributed by atoms with Gasteiger partial charge in [0.25, 0.3) is 0 Å². The molecular weight excluding hydrogens is 236 g/mol. The van der Waals surface area contributed by atoms with Crippen molar-refractivity contribution in [2.45, 2.75) is 31.7 Å². The first-order chi connectivity index (χ1) is 8.49. The first-order valence-electron chi connectivity index (χ1n) is 6.35. The van der Waals surface area contributed by atoms with Gasteiger partial charge in [0.15, 0.2) is 0 Å². The fraction of sp³-hybridized carbons (Fsp3) is 0.833. The van der Waals surface area contributed by atoms with Gasteiger partial charge < -0.3 is 20.0 Å². The van der Waals surface area contributed by atoms with Crippen LogP contribution in [0.2, 0.25) is 0 Å². The molecule has 0 spiro atoms. The van der Waals surface area contributed by atoms with E-state index in [1.165, 1.54) is 0 Å². The molecule has 0 aromatic heterocycles. The van der Waals surface area contributed by atoms with Crippen LogP contribution in [0.5, 0.6) is 0 Å². The number of nitrogens with zero attached hydrogens (tertiary/aromatic N) is 2. The van der Waals surface area contributed by atoms with Crippen molar-refractivity contribution in [3.8, 4) is 0 Å². The fourth-order valence-corrected chi connectivity index (χ4v) is 2.30. The molecule has 6 nitrogen and oxygen atoms in total. The monoisotopic (exact) mass is 258 g/mol. The van der Waals surface area contributed by atoms with E-state index in [4.69, 9.17) is 10.2 Å². The second-order valence-electron chi connectivity index (χ2n) is 4.86. The third-order valence-corrected chi connectivity index (χ3v) is 3.42. The van der Waals surface area contributed by atoms with Crippen molar-refractivity contribution in [2.24, 2.45) is 0 Å². The summed E-state index contributed by atoms with van der Waals surface area (Å²) in [6.07, 6.45) is 2.43. The van der Waals surface area contributed by atoms with Gasteiger partial charge in [-0.3, -0.25) is 9.59 Å². The van der Waals surface area contributed by atoms with Gasteiger partial charge >= 0.3 is 11.9 Å². The van der Waals surface area contributed by atoms with Crippen LogP contribution < -0.4 is 0 Å². The maximum absolute atomic E-state index is 10.5. The summed E-state index contributed by atoms with van der Waals surface area (Å²) in [6, 6.07) is 0.340. The Labute approximate surface area is 107 Å². The number of carbonyl (C=O) groups is 2. The van der Waals surface area contributed by atoms with Crippen LogP contribution in [-0.4, -0.2) is 71.2 Å². The van der Waals surface area contributed by atoms with Crippen molar-refractivity contribution < 1.29 is 19.8 Å². The Morgan fingerprint density at radius 2 is 1.94 bits per heavy atom. The average molecular weight is 258 g/mol. The molecule has 1 aliphatic rings. The number of aliphatic carboxylic acids is 2. The maximum Gasteiger partial charge on any atom is 0.304 e. The van der Waals surface area contributed by atoms with E-state index in [1.807, 2.05) is 7.05 Å². The molecule has 0 aliphatic carbocycles. The van der Waals surface area contributed by atoms with Crippen molar-refractivity contribution in [2.75, 3.05) is 33.2 Å². The van der Waals surface area contributed by atoms with E-state index in [0.29, 0.717) is 19.1 Å². The highest BCUT2D eigenvalue weighted by molar-refractivity contribution is 5.67. The summed E-state index contributed by atoms with van der Waals surface area (Å²) in [5.74, 6) is -1.54. The van der Waals surface area contributed by atoms with Crippen LogP contribution in [0.25, 0.3) is 0 Å². The number of hydrogen-bond acceptors (Lipinski definition) is 4. The molecule has 1 heterocycles. The summed E-state index contributed by atoms with van der Waals surface area (Å²) >= 11 is 0. The van der Waals surface area contributed by atoms with Crippen molar-refractivity contribution in [1.29, 1.82) is 0 Å². The van der Waals surface area contributed by atoms with E-state index in [9.17, 15) is 9.59 Å². The molecule has 0 radical (unpaired) electrons. The fourth-order valence-electron chi connectivity index (χ4n) is 2.30. The molecule has 0 bridgehead atoms. The molecule has 1 atom stereocenters. The lowest BCUT2D eigenvalue weighted by Gasteiger charge is -2.37. The molecule has 1 aliphatic heterocycles. The highest BCUT2D eigenvalue weighted by Crippen LogP contribution is 2.15. The van der Waals surface area contributed by atoms with E-state index in [0.717, 1.165) is 25.9 Å². The first kappa shape index (κ1) is 14.9. The van der Waals surface area contributed by atoms with Crippen molar-refractivity contribution in [3.63, 3.8) is 0 Å². The number of piperidine rings is 1. The zero-order chi connectivity index (χ0) is 13.5. The van der Waals surface area contributed by atoms with E-state index < -0.39 is 11.9 Å². The Bertz CT molecular complexity index is 280. The van der Waals surface area contributed by atoms with Gasteiger partial charge in [-0.1, -0.05) is 0 Å². The maximum atomic E-state index is 10.5. The molecular formula is C12H22N2O4. The highest BCUT2D eigenvalue weighted by Gasteiger charge is 2.23. The number of likely N-dealkylation sites (tertiary alicyclic amines) is 1. The van der Waals surface area contributed by atoms with Crippen LogP contribution in [0.4, 0.5) is 0 Å². The van der Waals surface area contributed by atoms with Crippen molar-refractivity contribution >= 4 is 11.9 Å². The minimum Gasteiger partial charge on any atom is -0.481 e. The molecule has 2 N–H and O–H groups in total. The van der Waals surface area contributed by atoms with Crippen LogP contribution in [-0.2, 0) is 9.59 Å². The van der Waals surface area contributed by atoms with Crippen LogP contribution in [0, 0.1) is 0 Å². The van der Waals surface area contributed by atoms with Gasteiger partial charge in [-0.25, -0.2) is 0 Å². The van der Waals surface area contributed by atoms with Gasteiger partial charge in [-0.2, -0.15) is 0 Å². The number of rotatable bonds is 7. The van der Waals surface area contributed by atoms with Crippen LogP contribution >= 0.6 is 0 Å². The number of hydrogen-bond donors (Lipinski definition) is 2. The van der Waals surface area contributed by atoms with Crippen LogP contribution in [0.15, 0.2) is 0 Å². The standard InChI is InChI=1S/C12H22N2O4/c1-13(7-4-11(15)16)10-3-2-6-14(9-10)8-5-12(17)18/h10H,2-9H2,1H3,(H,15,16)(H,17,18). The molecule has 1 fully saturated rings. The summed E-state index contributed by atoms with van der Waals surface area (Å²) in [5.41, 5.74) is 0. The lowest BCUT2D eigenvalue weighted by molar-refractivity contribution is -0.138. The Morgan fingerprint density at radius 3 is 2.56 bits per heavy atom. The minimum absolute atomic E-state index is 0.155.